The Morgan fingerprint density at radius 2 is 2.00 bits per heavy atom. The van der Waals surface area contributed by atoms with Gasteiger partial charge in [-0.05, 0) is 23.7 Å². The Hall–Kier alpha value is -2.70. The first-order chi connectivity index (χ1) is 15.2. The van der Waals surface area contributed by atoms with Gasteiger partial charge >= 0.3 is 0 Å². The number of hydrogen-bond acceptors (Lipinski definition) is 7. The highest BCUT2D eigenvalue weighted by molar-refractivity contribution is 7.10. The first-order valence-electron chi connectivity index (χ1n) is 8.89. The molecule has 0 aliphatic carbocycles. The monoisotopic (exact) mass is 504 g/mol. The van der Waals surface area contributed by atoms with E-state index >= 15 is 0 Å². The highest BCUT2D eigenvalue weighted by Crippen LogP contribution is 2.35. The molecule has 0 aliphatic heterocycles. The molecule has 0 aliphatic rings. The van der Waals surface area contributed by atoms with E-state index in [9.17, 15) is 18.7 Å². The normalized spacial score (nSPS) is 12.6. The molecule has 2 aromatic carbocycles. The fourth-order valence-electron chi connectivity index (χ4n) is 2.46. The molecule has 13 heteroatoms. The number of anilines is 2. The number of benzene rings is 2. The molecule has 1 aromatic heterocycles. The third-order valence-electron chi connectivity index (χ3n) is 4.02. The van der Waals surface area contributed by atoms with Gasteiger partial charge in [0.15, 0.2) is 17.4 Å². The van der Waals surface area contributed by atoms with E-state index in [1.54, 1.807) is 0 Å². The number of rotatable bonds is 8. The van der Waals surface area contributed by atoms with Crippen molar-refractivity contribution in [1.29, 1.82) is 0 Å². The molecule has 1 heterocycles. The molecule has 0 spiro atoms. The number of nitrogens with one attached hydrogen (secondary N) is 2. The maximum atomic E-state index is 14.7. The van der Waals surface area contributed by atoms with Gasteiger partial charge in [0, 0.05) is 23.2 Å². The molecule has 0 fully saturated rings. The van der Waals surface area contributed by atoms with Gasteiger partial charge in [-0.2, -0.15) is 0 Å². The number of aromatic amines is 1. The van der Waals surface area contributed by atoms with Crippen molar-refractivity contribution in [2.24, 2.45) is 10.7 Å². The van der Waals surface area contributed by atoms with Gasteiger partial charge < -0.3 is 26.0 Å². The number of H-pyrrole nitrogens is 1. The van der Waals surface area contributed by atoms with Crippen LogP contribution in [0.5, 0.6) is 11.5 Å². The minimum absolute atomic E-state index is 0.0402. The largest absolute Gasteiger partial charge is 0.453 e. The Balaban J connectivity index is 1.87. The van der Waals surface area contributed by atoms with Crippen molar-refractivity contribution in [2.75, 3.05) is 18.5 Å². The number of hydrogen-bond donors (Lipinski definition) is 5. The number of aromatic nitrogens is 1. The van der Waals surface area contributed by atoms with Crippen molar-refractivity contribution >= 4 is 51.3 Å². The summed E-state index contributed by atoms with van der Waals surface area (Å²) in [6.45, 7) is -0.792. The predicted molar refractivity (Wildman–Crippen MR) is 120 cm³/mol. The van der Waals surface area contributed by atoms with E-state index in [4.69, 9.17) is 38.8 Å². The van der Waals surface area contributed by atoms with E-state index in [1.165, 1.54) is 18.2 Å². The van der Waals surface area contributed by atoms with Crippen molar-refractivity contribution in [3.63, 3.8) is 0 Å². The summed E-state index contributed by atoms with van der Waals surface area (Å²) in [4.78, 5) is 15.9. The summed E-state index contributed by atoms with van der Waals surface area (Å²) >= 11 is 12.6. The fraction of sp³-hybridized carbons (Fsp3) is 0.158. The smallest absolute Gasteiger partial charge is 0.271 e. The van der Waals surface area contributed by atoms with Gasteiger partial charge in [0.25, 0.3) is 5.56 Å². The second-order valence-corrected chi connectivity index (χ2v) is 8.02. The second-order valence-electron chi connectivity index (χ2n) is 6.36. The van der Waals surface area contributed by atoms with Gasteiger partial charge in [-0.25, -0.2) is 8.78 Å². The zero-order valence-electron chi connectivity index (χ0n) is 16.0. The third-order valence-corrected chi connectivity index (χ3v) is 5.37. The summed E-state index contributed by atoms with van der Waals surface area (Å²) in [5, 5.41) is 21.3. The summed E-state index contributed by atoms with van der Waals surface area (Å²) < 4.78 is 37.0. The molecule has 1 atom stereocenters. The Labute approximate surface area is 194 Å². The SMILES string of the molecule is NC(=NCC(O)CO)c1c(Nc2cc(F)c(Oc3cc(Cl)ccc3Cl)cc2F)s[nH]c1=O. The van der Waals surface area contributed by atoms with E-state index < -0.39 is 35.7 Å². The number of nitrogens with zero attached hydrogens (tertiary/aromatic N) is 1. The molecule has 3 aromatic rings. The molecule has 8 nitrogen and oxygen atoms in total. The quantitative estimate of drug-likeness (QED) is 0.235. The molecule has 1 unspecified atom stereocenters. The lowest BCUT2D eigenvalue weighted by Crippen LogP contribution is -2.25. The molecule has 0 bridgehead atoms. The lowest BCUT2D eigenvalue weighted by molar-refractivity contribution is 0.102. The number of nitrogens with two attached hydrogens (primary N) is 1. The van der Waals surface area contributed by atoms with Gasteiger partial charge in [-0.15, -0.1) is 0 Å². The molecular weight excluding hydrogens is 489 g/mol. The maximum absolute atomic E-state index is 14.7. The van der Waals surface area contributed by atoms with Crippen LogP contribution in [0.25, 0.3) is 0 Å². The van der Waals surface area contributed by atoms with Crippen LogP contribution in [0.1, 0.15) is 5.56 Å². The summed E-state index contributed by atoms with van der Waals surface area (Å²) in [5.74, 6) is -2.45. The van der Waals surface area contributed by atoms with E-state index in [-0.39, 0.29) is 39.4 Å². The Bertz CT molecular complexity index is 1220. The lowest BCUT2D eigenvalue weighted by Gasteiger charge is -2.12. The van der Waals surface area contributed by atoms with E-state index in [1.807, 2.05) is 0 Å². The number of aliphatic hydroxyl groups is 2. The zero-order valence-corrected chi connectivity index (χ0v) is 18.4. The second kappa shape index (κ2) is 10.3. The van der Waals surface area contributed by atoms with E-state index in [2.05, 4.69) is 14.7 Å². The third kappa shape index (κ3) is 5.56. The van der Waals surface area contributed by atoms with Crippen LogP contribution in [0.2, 0.25) is 10.0 Å². The summed E-state index contributed by atoms with van der Waals surface area (Å²) in [6.07, 6.45) is -1.16. The van der Waals surface area contributed by atoms with Crippen LogP contribution in [-0.2, 0) is 0 Å². The van der Waals surface area contributed by atoms with Crippen LogP contribution >= 0.6 is 34.7 Å². The average Bonchev–Trinajstić information content (AvgIpc) is 3.12. The summed E-state index contributed by atoms with van der Waals surface area (Å²) in [6, 6.07) is 5.95. The molecule has 32 heavy (non-hydrogen) atoms. The number of aliphatic imine (C=N–C) groups is 1. The van der Waals surface area contributed by atoms with Crippen LogP contribution in [0.3, 0.4) is 0 Å². The molecule has 0 saturated heterocycles. The molecule has 0 amide bonds. The highest BCUT2D eigenvalue weighted by Gasteiger charge is 2.19. The zero-order chi connectivity index (χ0) is 23.4. The number of amidine groups is 1. The maximum Gasteiger partial charge on any atom is 0.271 e. The van der Waals surface area contributed by atoms with Crippen LogP contribution in [0.4, 0.5) is 19.5 Å². The van der Waals surface area contributed by atoms with Crippen molar-refractivity contribution in [2.45, 2.75) is 6.10 Å². The minimum atomic E-state index is -1.16. The predicted octanol–water partition coefficient (Wildman–Crippen LogP) is 3.62. The molecular formula is C19H16Cl2F2N4O4S. The van der Waals surface area contributed by atoms with E-state index in [0.29, 0.717) is 5.02 Å². The molecule has 0 radical (unpaired) electrons. The Kier molecular flexibility index (Phi) is 7.69. The average molecular weight is 505 g/mol. The molecule has 3 rings (SSSR count). The van der Waals surface area contributed by atoms with Crippen LogP contribution in [0.15, 0.2) is 40.1 Å². The topological polar surface area (TPSA) is 133 Å². The Morgan fingerprint density at radius 3 is 2.72 bits per heavy atom. The van der Waals surface area contributed by atoms with Crippen LogP contribution in [-0.4, -0.2) is 39.7 Å². The Morgan fingerprint density at radius 1 is 1.25 bits per heavy atom. The standard InChI is InChI=1S/C19H16Cl2F2N4O4S/c20-8-1-2-10(21)14(3-8)31-15-5-11(22)13(4-12(15)23)26-19-16(18(30)27-32-19)17(24)25-6-9(29)7-28/h1-5,9,26,28-29H,6-7H2,(H2,24,25)(H,27,30). The van der Waals surface area contributed by atoms with Gasteiger partial charge in [-0.3, -0.25) is 14.2 Å². The first kappa shape index (κ1) is 24.0. The highest BCUT2D eigenvalue weighted by atomic mass is 35.5. The van der Waals surface area contributed by atoms with Crippen LogP contribution < -0.4 is 21.3 Å². The summed E-state index contributed by atoms with van der Waals surface area (Å²) in [7, 11) is 0. The lowest BCUT2D eigenvalue weighted by atomic mass is 10.2. The van der Waals surface area contributed by atoms with Crippen molar-refractivity contribution < 1.29 is 23.7 Å². The first-order valence-corrected chi connectivity index (χ1v) is 10.5. The number of ether oxygens (including phenoxy) is 1. The summed E-state index contributed by atoms with van der Waals surface area (Å²) in [5.41, 5.74) is 4.76. The number of aliphatic hydroxyl groups excluding tert-OH is 2. The molecule has 6 N–H and O–H groups in total. The molecule has 170 valence electrons. The van der Waals surface area contributed by atoms with Crippen molar-refractivity contribution in [1.82, 2.24) is 4.37 Å². The van der Waals surface area contributed by atoms with Crippen molar-refractivity contribution in [3.8, 4) is 11.5 Å². The fourth-order valence-corrected chi connectivity index (χ4v) is 3.54. The van der Waals surface area contributed by atoms with Crippen molar-refractivity contribution in [3.05, 3.63) is 67.9 Å². The van der Waals surface area contributed by atoms with Gasteiger partial charge in [-0.1, -0.05) is 23.2 Å². The minimum Gasteiger partial charge on any atom is -0.453 e. The van der Waals surface area contributed by atoms with Gasteiger partial charge in [0.05, 0.1) is 30.0 Å². The van der Waals surface area contributed by atoms with Gasteiger partial charge in [0.1, 0.15) is 22.1 Å². The number of halogens is 4. The van der Waals surface area contributed by atoms with E-state index in [0.717, 1.165) is 23.7 Å². The van der Waals surface area contributed by atoms with Gasteiger partial charge in [0.2, 0.25) is 0 Å². The molecule has 0 saturated carbocycles. The van der Waals surface area contributed by atoms with Crippen LogP contribution in [0, 0.1) is 11.6 Å².